The first-order valence-electron chi connectivity index (χ1n) is 14.1. The molecule has 40 heavy (non-hydrogen) atoms. The lowest BCUT2D eigenvalue weighted by Gasteiger charge is -2.27. The molecule has 3 aromatic rings. The topological polar surface area (TPSA) is 83.6 Å². The van der Waals surface area contributed by atoms with Gasteiger partial charge in [0.2, 0.25) is 11.8 Å². The van der Waals surface area contributed by atoms with Gasteiger partial charge in [0.25, 0.3) is 0 Å². The van der Waals surface area contributed by atoms with Gasteiger partial charge in [-0.1, -0.05) is 41.9 Å². The highest BCUT2D eigenvalue weighted by molar-refractivity contribution is 6.30. The number of fused-ring (bicyclic) bond motifs is 1. The minimum atomic E-state index is -0.321. The summed E-state index contributed by atoms with van der Waals surface area (Å²) < 4.78 is 6.17. The predicted molar refractivity (Wildman–Crippen MR) is 158 cm³/mol. The van der Waals surface area contributed by atoms with Crippen LogP contribution in [0.2, 0.25) is 5.02 Å². The van der Waals surface area contributed by atoms with E-state index in [1.165, 1.54) is 0 Å². The number of carbonyl (C=O) groups excluding carboxylic acids is 2. The van der Waals surface area contributed by atoms with Gasteiger partial charge in [0.05, 0.1) is 19.2 Å². The predicted octanol–water partition coefficient (Wildman–Crippen LogP) is 5.46. The fourth-order valence-electron chi connectivity index (χ4n) is 4.80. The van der Waals surface area contributed by atoms with Crippen molar-refractivity contribution in [2.24, 2.45) is 0 Å². The summed E-state index contributed by atoms with van der Waals surface area (Å²) in [5, 5.41) is 6.87. The van der Waals surface area contributed by atoms with Gasteiger partial charge in [0, 0.05) is 48.5 Å². The van der Waals surface area contributed by atoms with E-state index in [-0.39, 0.29) is 23.9 Å². The number of carbonyl (C=O) groups is 2. The molecule has 0 spiro atoms. The van der Waals surface area contributed by atoms with E-state index >= 15 is 0 Å². The van der Waals surface area contributed by atoms with Crippen molar-refractivity contribution in [3.63, 3.8) is 0 Å². The molecule has 2 heterocycles. The van der Waals surface area contributed by atoms with Crippen molar-refractivity contribution in [1.82, 2.24) is 20.5 Å². The first-order valence-corrected chi connectivity index (χ1v) is 14.5. The third-order valence-corrected chi connectivity index (χ3v) is 7.40. The minimum Gasteiger partial charge on any atom is -0.493 e. The number of amides is 2. The molecule has 0 fully saturated rings. The van der Waals surface area contributed by atoms with Crippen molar-refractivity contribution in [3.05, 3.63) is 94.3 Å². The largest absolute Gasteiger partial charge is 0.493 e. The average Bonchev–Trinajstić information content (AvgIpc) is 2.97. The molecule has 2 aromatic carbocycles. The van der Waals surface area contributed by atoms with Gasteiger partial charge in [0.1, 0.15) is 5.75 Å². The van der Waals surface area contributed by atoms with Gasteiger partial charge in [0.15, 0.2) is 0 Å². The molecule has 1 aliphatic heterocycles. The van der Waals surface area contributed by atoms with Crippen LogP contribution >= 0.6 is 11.6 Å². The quantitative estimate of drug-likeness (QED) is 0.399. The van der Waals surface area contributed by atoms with Crippen LogP contribution in [0.1, 0.15) is 67.8 Å². The summed E-state index contributed by atoms with van der Waals surface area (Å²) in [5.74, 6) is 0.842. The first kappa shape index (κ1) is 29.6. The Labute approximate surface area is 242 Å². The number of hydrogen-bond donors (Lipinski definition) is 2. The van der Waals surface area contributed by atoms with Crippen LogP contribution in [-0.4, -0.2) is 47.4 Å². The van der Waals surface area contributed by atoms with Crippen LogP contribution < -0.4 is 15.4 Å². The van der Waals surface area contributed by atoms with E-state index in [1.54, 1.807) is 12.4 Å². The SMILES string of the molecule is CC(C)N1CC(=O)NCCCCCOc2ccc(CCC(=O)NC(c3ccc(Cl)cc3)c3cccnc3)cc2C1. The van der Waals surface area contributed by atoms with Gasteiger partial charge in [-0.2, -0.15) is 0 Å². The minimum absolute atomic E-state index is 0.0482. The summed E-state index contributed by atoms with van der Waals surface area (Å²) in [5.41, 5.74) is 3.94. The Morgan fingerprint density at radius 2 is 1.90 bits per heavy atom. The number of nitrogens with one attached hydrogen (secondary N) is 2. The molecule has 0 radical (unpaired) electrons. The Kier molecular flexibility index (Phi) is 11.0. The average molecular weight is 563 g/mol. The second kappa shape index (κ2) is 14.8. The third kappa shape index (κ3) is 8.80. The van der Waals surface area contributed by atoms with Gasteiger partial charge in [-0.25, -0.2) is 0 Å². The number of benzene rings is 2. The van der Waals surface area contributed by atoms with Gasteiger partial charge in [-0.3, -0.25) is 19.5 Å². The van der Waals surface area contributed by atoms with E-state index in [0.717, 1.165) is 47.3 Å². The zero-order valence-corrected chi connectivity index (χ0v) is 24.1. The molecule has 0 saturated carbocycles. The Bertz CT molecular complexity index is 1250. The van der Waals surface area contributed by atoms with Gasteiger partial charge in [-0.05, 0) is 80.5 Å². The maximum atomic E-state index is 13.2. The third-order valence-electron chi connectivity index (χ3n) is 7.14. The van der Waals surface area contributed by atoms with E-state index in [4.69, 9.17) is 16.3 Å². The van der Waals surface area contributed by atoms with Crippen LogP contribution in [0.25, 0.3) is 0 Å². The number of aryl methyl sites for hydroxylation is 1. The van der Waals surface area contributed by atoms with E-state index in [2.05, 4.69) is 40.4 Å². The first-order chi connectivity index (χ1) is 19.4. The molecule has 4 rings (SSSR count). The Morgan fingerprint density at radius 3 is 2.65 bits per heavy atom. The van der Waals surface area contributed by atoms with E-state index in [9.17, 15) is 9.59 Å². The fraction of sp³-hybridized carbons (Fsp3) is 0.406. The molecular formula is C32H39ClN4O3. The summed E-state index contributed by atoms with van der Waals surface area (Å²) in [7, 11) is 0. The van der Waals surface area contributed by atoms with E-state index in [1.807, 2.05) is 48.5 Å². The van der Waals surface area contributed by atoms with Gasteiger partial charge in [-0.15, -0.1) is 0 Å². The smallest absolute Gasteiger partial charge is 0.234 e. The summed E-state index contributed by atoms with van der Waals surface area (Å²) in [4.78, 5) is 32.1. The van der Waals surface area contributed by atoms with E-state index in [0.29, 0.717) is 44.1 Å². The number of aromatic nitrogens is 1. The maximum Gasteiger partial charge on any atom is 0.234 e. The molecule has 2 amide bonds. The summed E-state index contributed by atoms with van der Waals surface area (Å²) in [6.45, 7) is 6.47. The van der Waals surface area contributed by atoms with Crippen molar-refractivity contribution in [3.8, 4) is 5.75 Å². The highest BCUT2D eigenvalue weighted by Gasteiger charge is 2.20. The molecule has 0 bridgehead atoms. The standard InChI is InChI=1S/C32H39ClN4O3/c1-23(2)37-21-27-19-24(8-14-29(27)40-18-5-3-4-17-35-31(39)22-37)9-15-30(38)36-32(26-7-6-16-34-20-26)25-10-12-28(33)13-11-25/h6-8,10-14,16,19-20,23,32H,3-5,9,15,17-18,21-22H2,1-2H3,(H,35,39)(H,36,38). The molecule has 2 N–H and O–H groups in total. The monoisotopic (exact) mass is 562 g/mol. The number of nitrogens with zero attached hydrogens (tertiary/aromatic N) is 2. The summed E-state index contributed by atoms with van der Waals surface area (Å²) in [6, 6.07) is 17.4. The molecule has 1 aromatic heterocycles. The molecule has 1 atom stereocenters. The zero-order valence-electron chi connectivity index (χ0n) is 23.4. The molecule has 7 nitrogen and oxygen atoms in total. The second-order valence-electron chi connectivity index (χ2n) is 10.5. The lowest BCUT2D eigenvalue weighted by Crippen LogP contribution is -2.40. The second-order valence-corrected chi connectivity index (χ2v) is 11.0. The van der Waals surface area contributed by atoms with Crippen molar-refractivity contribution < 1.29 is 14.3 Å². The van der Waals surface area contributed by atoms with Crippen LogP contribution in [-0.2, 0) is 22.6 Å². The Morgan fingerprint density at radius 1 is 1.07 bits per heavy atom. The highest BCUT2D eigenvalue weighted by Crippen LogP contribution is 2.26. The number of ether oxygens (including phenoxy) is 1. The van der Waals surface area contributed by atoms with Crippen LogP contribution in [0, 0.1) is 0 Å². The van der Waals surface area contributed by atoms with Gasteiger partial charge >= 0.3 is 0 Å². The zero-order chi connectivity index (χ0) is 28.3. The Hall–Kier alpha value is -3.42. The number of hydrogen-bond acceptors (Lipinski definition) is 5. The summed E-state index contributed by atoms with van der Waals surface area (Å²) in [6.07, 6.45) is 7.30. The van der Waals surface area contributed by atoms with Crippen LogP contribution in [0.4, 0.5) is 0 Å². The van der Waals surface area contributed by atoms with Crippen LogP contribution in [0.3, 0.4) is 0 Å². The van der Waals surface area contributed by atoms with E-state index < -0.39 is 0 Å². The number of rotatable bonds is 7. The highest BCUT2D eigenvalue weighted by atomic mass is 35.5. The van der Waals surface area contributed by atoms with Crippen molar-refractivity contribution in [1.29, 1.82) is 0 Å². The fourth-order valence-corrected chi connectivity index (χ4v) is 4.92. The molecule has 8 heteroatoms. The summed E-state index contributed by atoms with van der Waals surface area (Å²) >= 11 is 6.10. The number of halogens is 1. The normalized spacial score (nSPS) is 15.9. The maximum absolute atomic E-state index is 13.2. The molecule has 212 valence electrons. The van der Waals surface area contributed by atoms with Gasteiger partial charge < -0.3 is 15.4 Å². The number of pyridine rings is 1. The molecule has 1 unspecified atom stereocenters. The molecular weight excluding hydrogens is 524 g/mol. The lowest BCUT2D eigenvalue weighted by molar-refractivity contribution is -0.123. The van der Waals surface area contributed by atoms with Crippen molar-refractivity contribution >= 4 is 23.4 Å². The van der Waals surface area contributed by atoms with Crippen molar-refractivity contribution in [2.75, 3.05) is 19.7 Å². The molecule has 1 aliphatic rings. The van der Waals surface area contributed by atoms with Crippen molar-refractivity contribution in [2.45, 2.75) is 64.6 Å². The van der Waals surface area contributed by atoms with Crippen LogP contribution in [0.15, 0.2) is 67.0 Å². The molecule has 0 saturated heterocycles. The lowest BCUT2D eigenvalue weighted by atomic mass is 9.99. The van der Waals surface area contributed by atoms with Crippen LogP contribution in [0.5, 0.6) is 5.75 Å². The Balaban J connectivity index is 1.47. The molecule has 0 aliphatic carbocycles.